The fourth-order valence-electron chi connectivity index (χ4n) is 0.917. The summed E-state index contributed by atoms with van der Waals surface area (Å²) in [5, 5.41) is 8.50. The second kappa shape index (κ2) is 3.35. The summed E-state index contributed by atoms with van der Waals surface area (Å²) in [6.45, 7) is 1.48. The molecule has 0 spiro atoms. The Labute approximate surface area is 72.6 Å². The first-order valence-corrected chi connectivity index (χ1v) is 3.48. The molecule has 0 aromatic carbocycles. The molecule has 0 amide bonds. The van der Waals surface area contributed by atoms with Gasteiger partial charge in [0.05, 0.1) is 11.1 Å². The third kappa shape index (κ3) is 1.72. The molecule has 0 saturated carbocycles. The van der Waals surface area contributed by atoms with Crippen LogP contribution in [0.15, 0.2) is 10.9 Å². The van der Waals surface area contributed by atoms with E-state index in [-0.39, 0.29) is 5.56 Å². The SMILES string of the molecule is Cc1[nH]c(=O)c(C(F)F)cc1C#N. The predicted molar refractivity (Wildman–Crippen MR) is 41.5 cm³/mol. The van der Waals surface area contributed by atoms with Gasteiger partial charge in [0, 0.05) is 5.69 Å². The van der Waals surface area contributed by atoms with Gasteiger partial charge < -0.3 is 4.98 Å². The minimum Gasteiger partial charge on any atom is -0.325 e. The number of aryl methyl sites for hydroxylation is 1. The number of pyridine rings is 1. The molecule has 13 heavy (non-hydrogen) atoms. The number of nitrogens with zero attached hydrogens (tertiary/aromatic N) is 1. The summed E-state index contributed by atoms with van der Waals surface area (Å²) in [5.74, 6) is 0. The van der Waals surface area contributed by atoms with Crippen LogP contribution in [-0.4, -0.2) is 4.98 Å². The van der Waals surface area contributed by atoms with E-state index in [1.165, 1.54) is 6.92 Å². The van der Waals surface area contributed by atoms with Crippen LogP contribution in [0.2, 0.25) is 0 Å². The molecule has 0 atom stereocenters. The lowest BCUT2D eigenvalue weighted by atomic mass is 10.1. The van der Waals surface area contributed by atoms with Crippen molar-refractivity contribution in [3.63, 3.8) is 0 Å². The minimum atomic E-state index is -2.85. The summed E-state index contributed by atoms with van der Waals surface area (Å²) < 4.78 is 24.3. The molecule has 1 aromatic rings. The van der Waals surface area contributed by atoms with E-state index < -0.39 is 17.5 Å². The molecular weight excluding hydrogens is 178 g/mol. The number of hydrogen-bond donors (Lipinski definition) is 1. The first-order chi connectivity index (χ1) is 6.06. The van der Waals surface area contributed by atoms with Gasteiger partial charge >= 0.3 is 0 Å². The van der Waals surface area contributed by atoms with Crippen molar-refractivity contribution in [2.75, 3.05) is 0 Å². The van der Waals surface area contributed by atoms with Gasteiger partial charge in [0.1, 0.15) is 6.07 Å². The molecule has 1 aromatic heterocycles. The van der Waals surface area contributed by atoms with Gasteiger partial charge in [-0.2, -0.15) is 5.26 Å². The molecule has 5 heteroatoms. The van der Waals surface area contributed by atoms with Gasteiger partial charge in [-0.15, -0.1) is 0 Å². The molecule has 0 bridgehead atoms. The average molecular weight is 184 g/mol. The number of alkyl halides is 2. The molecule has 1 heterocycles. The molecule has 0 fully saturated rings. The van der Waals surface area contributed by atoms with E-state index in [9.17, 15) is 13.6 Å². The van der Waals surface area contributed by atoms with Crippen molar-refractivity contribution in [3.05, 3.63) is 33.2 Å². The Balaban J connectivity index is 3.42. The van der Waals surface area contributed by atoms with Crippen molar-refractivity contribution in [2.24, 2.45) is 0 Å². The fourth-order valence-corrected chi connectivity index (χ4v) is 0.917. The maximum absolute atomic E-state index is 12.1. The first-order valence-electron chi connectivity index (χ1n) is 3.48. The number of aromatic nitrogens is 1. The number of aromatic amines is 1. The number of H-pyrrole nitrogens is 1. The van der Waals surface area contributed by atoms with E-state index >= 15 is 0 Å². The highest BCUT2D eigenvalue weighted by molar-refractivity contribution is 5.35. The zero-order valence-electron chi connectivity index (χ0n) is 6.77. The van der Waals surface area contributed by atoms with Gasteiger partial charge in [0.15, 0.2) is 0 Å². The smallest absolute Gasteiger partial charge is 0.269 e. The van der Waals surface area contributed by atoms with Crippen molar-refractivity contribution in [1.82, 2.24) is 4.98 Å². The highest BCUT2D eigenvalue weighted by Crippen LogP contribution is 2.15. The molecule has 0 aliphatic carbocycles. The van der Waals surface area contributed by atoms with Crippen molar-refractivity contribution in [1.29, 1.82) is 5.26 Å². The number of nitrogens with one attached hydrogen (secondary N) is 1. The Hall–Kier alpha value is -1.70. The highest BCUT2D eigenvalue weighted by atomic mass is 19.3. The molecule has 0 aliphatic rings. The lowest BCUT2D eigenvalue weighted by Crippen LogP contribution is -2.14. The van der Waals surface area contributed by atoms with Gasteiger partial charge in [-0.25, -0.2) is 8.78 Å². The van der Waals surface area contributed by atoms with Crippen molar-refractivity contribution < 1.29 is 8.78 Å². The van der Waals surface area contributed by atoms with Crippen LogP contribution in [0, 0.1) is 18.3 Å². The molecule has 0 aliphatic heterocycles. The topological polar surface area (TPSA) is 56.6 Å². The summed E-state index contributed by atoms with van der Waals surface area (Å²) >= 11 is 0. The van der Waals surface area contributed by atoms with E-state index in [1.54, 1.807) is 6.07 Å². The average Bonchev–Trinajstić information content (AvgIpc) is 2.03. The van der Waals surface area contributed by atoms with Crippen LogP contribution < -0.4 is 5.56 Å². The van der Waals surface area contributed by atoms with Crippen LogP contribution in [0.5, 0.6) is 0 Å². The zero-order chi connectivity index (χ0) is 10.0. The lowest BCUT2D eigenvalue weighted by molar-refractivity contribution is 0.149. The molecule has 3 nitrogen and oxygen atoms in total. The van der Waals surface area contributed by atoms with E-state index in [2.05, 4.69) is 4.98 Å². The Morgan fingerprint density at radius 2 is 2.23 bits per heavy atom. The van der Waals surface area contributed by atoms with Crippen LogP contribution in [-0.2, 0) is 0 Å². The monoisotopic (exact) mass is 184 g/mol. The molecule has 0 saturated heterocycles. The number of hydrogen-bond acceptors (Lipinski definition) is 2. The summed E-state index contributed by atoms with van der Waals surface area (Å²) in [7, 11) is 0. The van der Waals surface area contributed by atoms with E-state index in [4.69, 9.17) is 5.26 Å². The molecule has 0 radical (unpaired) electrons. The molecular formula is C8H6F2N2O. The second-order valence-corrected chi connectivity index (χ2v) is 2.50. The third-order valence-electron chi connectivity index (χ3n) is 1.62. The van der Waals surface area contributed by atoms with Crippen LogP contribution in [0.25, 0.3) is 0 Å². The number of nitriles is 1. The Bertz CT molecular complexity index is 417. The maximum Gasteiger partial charge on any atom is 0.269 e. The van der Waals surface area contributed by atoms with Crippen molar-refractivity contribution in [3.8, 4) is 6.07 Å². The van der Waals surface area contributed by atoms with Crippen LogP contribution in [0.3, 0.4) is 0 Å². The van der Waals surface area contributed by atoms with Gasteiger partial charge in [-0.05, 0) is 13.0 Å². The van der Waals surface area contributed by atoms with Crippen LogP contribution >= 0.6 is 0 Å². The third-order valence-corrected chi connectivity index (χ3v) is 1.62. The van der Waals surface area contributed by atoms with Gasteiger partial charge in [0.2, 0.25) is 0 Å². The molecule has 68 valence electrons. The second-order valence-electron chi connectivity index (χ2n) is 2.50. The lowest BCUT2D eigenvalue weighted by Gasteiger charge is -2.00. The van der Waals surface area contributed by atoms with Gasteiger partial charge in [0.25, 0.3) is 12.0 Å². The van der Waals surface area contributed by atoms with E-state index in [0.717, 1.165) is 6.07 Å². The largest absolute Gasteiger partial charge is 0.325 e. The zero-order valence-corrected chi connectivity index (χ0v) is 6.77. The van der Waals surface area contributed by atoms with Gasteiger partial charge in [-0.1, -0.05) is 0 Å². The van der Waals surface area contributed by atoms with Crippen LogP contribution in [0.4, 0.5) is 8.78 Å². The summed E-state index contributed by atoms with van der Waals surface area (Å²) in [4.78, 5) is 13.1. The first kappa shape index (κ1) is 9.39. The van der Waals surface area contributed by atoms with Crippen LogP contribution in [0.1, 0.15) is 23.2 Å². The summed E-state index contributed by atoms with van der Waals surface area (Å²) in [5.41, 5.74) is -1.14. The maximum atomic E-state index is 12.1. The summed E-state index contributed by atoms with van der Waals surface area (Å²) in [6.07, 6.45) is -2.85. The highest BCUT2D eigenvalue weighted by Gasteiger charge is 2.13. The van der Waals surface area contributed by atoms with Crippen molar-refractivity contribution in [2.45, 2.75) is 13.3 Å². The molecule has 0 unspecified atom stereocenters. The Morgan fingerprint density at radius 1 is 1.62 bits per heavy atom. The Morgan fingerprint density at radius 3 is 2.69 bits per heavy atom. The fraction of sp³-hybridized carbons (Fsp3) is 0.250. The normalized spacial score (nSPS) is 10.1. The Kier molecular flexibility index (Phi) is 2.42. The van der Waals surface area contributed by atoms with E-state index in [0.29, 0.717) is 5.69 Å². The van der Waals surface area contributed by atoms with E-state index in [1.807, 2.05) is 0 Å². The quantitative estimate of drug-likeness (QED) is 0.718. The summed E-state index contributed by atoms with van der Waals surface area (Å²) in [6, 6.07) is 2.63. The number of halogens is 2. The molecule has 1 rings (SSSR count). The van der Waals surface area contributed by atoms with Crippen molar-refractivity contribution >= 4 is 0 Å². The standard InChI is InChI=1S/C8H6F2N2O/c1-4-5(3-11)2-6(7(9)10)8(13)12-4/h2,7H,1H3,(H,12,13). The van der Waals surface area contributed by atoms with Gasteiger partial charge in [-0.3, -0.25) is 4.79 Å². The molecule has 1 N–H and O–H groups in total. The number of rotatable bonds is 1. The predicted octanol–water partition coefficient (Wildman–Crippen LogP) is 1.49. The minimum absolute atomic E-state index is 0.0647.